The number of carbonyl (C=O) groups excluding carboxylic acids is 1. The van der Waals surface area contributed by atoms with Gasteiger partial charge in [-0.15, -0.1) is 0 Å². The summed E-state index contributed by atoms with van der Waals surface area (Å²) in [6, 6.07) is 8.59. The van der Waals surface area contributed by atoms with E-state index in [1.807, 2.05) is 0 Å². The van der Waals surface area contributed by atoms with Crippen LogP contribution in [0, 0.1) is 5.82 Å². The molecule has 0 spiro atoms. The minimum atomic E-state index is -0.701. The molecule has 1 amide bonds. The summed E-state index contributed by atoms with van der Waals surface area (Å²) in [4.78, 5) is 11.1. The first kappa shape index (κ1) is 13.2. The van der Waals surface area contributed by atoms with Crippen molar-refractivity contribution < 1.29 is 13.9 Å². The highest BCUT2D eigenvalue weighted by molar-refractivity contribution is 6.30. The van der Waals surface area contributed by atoms with Gasteiger partial charge < -0.3 is 16.2 Å². The Morgan fingerprint density at radius 3 is 2.63 bits per heavy atom. The first-order valence-electron chi connectivity index (χ1n) is 5.30. The lowest BCUT2D eigenvalue weighted by Gasteiger charge is -2.10. The molecule has 2 aromatic carbocycles. The van der Waals surface area contributed by atoms with Gasteiger partial charge in [-0.1, -0.05) is 17.7 Å². The highest BCUT2D eigenvalue weighted by Gasteiger charge is 2.12. The molecule has 98 valence electrons. The summed E-state index contributed by atoms with van der Waals surface area (Å²) < 4.78 is 19.0. The zero-order chi connectivity index (χ0) is 14.0. The van der Waals surface area contributed by atoms with E-state index in [1.165, 1.54) is 36.4 Å². The van der Waals surface area contributed by atoms with E-state index in [2.05, 4.69) is 0 Å². The summed E-state index contributed by atoms with van der Waals surface area (Å²) >= 11 is 5.64. The third kappa shape index (κ3) is 2.77. The van der Waals surface area contributed by atoms with E-state index in [4.69, 9.17) is 27.8 Å². The molecule has 6 heteroatoms. The zero-order valence-corrected chi connectivity index (χ0v) is 10.4. The first-order chi connectivity index (χ1) is 8.99. The molecule has 0 bridgehead atoms. The van der Waals surface area contributed by atoms with Crippen LogP contribution in [0.4, 0.5) is 10.1 Å². The molecule has 0 heterocycles. The van der Waals surface area contributed by atoms with E-state index in [0.29, 0.717) is 0 Å². The summed E-state index contributed by atoms with van der Waals surface area (Å²) in [6.45, 7) is 0. The van der Waals surface area contributed by atoms with Crippen LogP contribution in [0.1, 0.15) is 10.4 Å². The number of ether oxygens (including phenoxy) is 1. The Hall–Kier alpha value is -2.27. The number of nitrogens with two attached hydrogens (primary N) is 2. The number of carbonyl (C=O) groups is 1. The second-order valence-electron chi connectivity index (χ2n) is 3.77. The third-order valence-electron chi connectivity index (χ3n) is 2.43. The van der Waals surface area contributed by atoms with Crippen LogP contribution in [-0.2, 0) is 0 Å². The van der Waals surface area contributed by atoms with Crippen molar-refractivity contribution in [3.63, 3.8) is 0 Å². The molecule has 0 aliphatic rings. The third-order valence-corrected chi connectivity index (χ3v) is 2.73. The Morgan fingerprint density at radius 2 is 1.95 bits per heavy atom. The van der Waals surface area contributed by atoms with Gasteiger partial charge in [0.05, 0.1) is 10.7 Å². The standard InChI is InChI=1S/C13H10ClFN2O2/c14-8-2-1-3-10(12(8)15)19-11-6-7(13(17)18)4-5-9(11)16/h1-6H,16H2,(H2,17,18). The molecule has 0 saturated heterocycles. The fraction of sp³-hybridized carbons (Fsp3) is 0. The molecule has 4 nitrogen and oxygen atoms in total. The molecule has 0 aromatic heterocycles. The summed E-state index contributed by atoms with van der Waals surface area (Å²) in [7, 11) is 0. The number of hydrogen-bond donors (Lipinski definition) is 2. The monoisotopic (exact) mass is 280 g/mol. The van der Waals surface area contributed by atoms with Crippen LogP contribution in [0.25, 0.3) is 0 Å². The molecular weight excluding hydrogens is 271 g/mol. The number of anilines is 1. The highest BCUT2D eigenvalue weighted by Crippen LogP contribution is 2.32. The maximum Gasteiger partial charge on any atom is 0.248 e. The number of hydrogen-bond acceptors (Lipinski definition) is 3. The largest absolute Gasteiger partial charge is 0.452 e. The van der Waals surface area contributed by atoms with Gasteiger partial charge in [0.15, 0.2) is 17.3 Å². The minimum absolute atomic E-state index is 0.0675. The molecule has 0 aliphatic heterocycles. The van der Waals surface area contributed by atoms with Gasteiger partial charge in [0.2, 0.25) is 5.91 Å². The van der Waals surface area contributed by atoms with E-state index >= 15 is 0 Å². The van der Waals surface area contributed by atoms with Gasteiger partial charge in [0.1, 0.15) is 0 Å². The van der Waals surface area contributed by atoms with Crippen LogP contribution >= 0.6 is 11.6 Å². The molecule has 2 aromatic rings. The molecule has 0 radical (unpaired) electrons. The lowest BCUT2D eigenvalue weighted by Crippen LogP contribution is -2.11. The lowest BCUT2D eigenvalue weighted by molar-refractivity contribution is 0.1000. The smallest absolute Gasteiger partial charge is 0.248 e. The topological polar surface area (TPSA) is 78.3 Å². The second kappa shape index (κ2) is 5.16. The summed E-state index contributed by atoms with van der Waals surface area (Å²) in [5.74, 6) is -1.28. The predicted octanol–water partition coefficient (Wildman–Crippen LogP) is 2.95. The van der Waals surface area contributed by atoms with E-state index in [1.54, 1.807) is 0 Å². The Morgan fingerprint density at radius 1 is 1.21 bits per heavy atom. The van der Waals surface area contributed by atoms with Crippen LogP contribution in [0.15, 0.2) is 36.4 Å². The second-order valence-corrected chi connectivity index (χ2v) is 4.18. The number of nitrogen functional groups attached to an aromatic ring is 1. The van der Waals surface area contributed by atoms with Gasteiger partial charge in [0.25, 0.3) is 0 Å². The number of halogens is 2. The van der Waals surface area contributed by atoms with Gasteiger partial charge in [-0.2, -0.15) is 0 Å². The number of primary amides is 1. The number of rotatable bonds is 3. The maximum atomic E-state index is 13.7. The molecule has 0 aliphatic carbocycles. The van der Waals surface area contributed by atoms with Crippen molar-refractivity contribution in [3.05, 3.63) is 52.8 Å². The zero-order valence-electron chi connectivity index (χ0n) is 9.69. The van der Waals surface area contributed by atoms with E-state index in [-0.39, 0.29) is 27.8 Å². The summed E-state index contributed by atoms with van der Waals surface area (Å²) in [5.41, 5.74) is 11.3. The van der Waals surface area contributed by atoms with Crippen LogP contribution in [0.5, 0.6) is 11.5 Å². The van der Waals surface area contributed by atoms with Crippen molar-refractivity contribution in [2.24, 2.45) is 5.73 Å². The Kier molecular flexibility index (Phi) is 3.57. The predicted molar refractivity (Wildman–Crippen MR) is 70.9 cm³/mol. The quantitative estimate of drug-likeness (QED) is 0.849. The summed E-state index contributed by atoms with van der Waals surface area (Å²) in [6.07, 6.45) is 0. The van der Waals surface area contributed by atoms with Crippen molar-refractivity contribution in [3.8, 4) is 11.5 Å². The Bertz CT molecular complexity index is 647. The molecule has 4 N–H and O–H groups in total. The SMILES string of the molecule is NC(=O)c1ccc(N)c(Oc2cccc(Cl)c2F)c1. The number of benzene rings is 2. The van der Waals surface area contributed by atoms with Gasteiger partial charge in [0, 0.05) is 5.56 Å². The molecular formula is C13H10ClFN2O2. The summed E-state index contributed by atoms with van der Waals surface area (Å²) in [5, 5.41) is -0.0675. The van der Waals surface area contributed by atoms with Crippen LogP contribution in [-0.4, -0.2) is 5.91 Å². The van der Waals surface area contributed by atoms with Gasteiger partial charge >= 0.3 is 0 Å². The maximum absolute atomic E-state index is 13.7. The van der Waals surface area contributed by atoms with Crippen molar-refractivity contribution in [1.82, 2.24) is 0 Å². The molecule has 19 heavy (non-hydrogen) atoms. The Labute approximate surface area is 113 Å². The van der Waals surface area contributed by atoms with Crippen LogP contribution in [0.3, 0.4) is 0 Å². The molecule has 0 fully saturated rings. The minimum Gasteiger partial charge on any atom is -0.452 e. The van der Waals surface area contributed by atoms with Crippen LogP contribution in [0.2, 0.25) is 5.02 Å². The van der Waals surface area contributed by atoms with Crippen molar-refractivity contribution >= 4 is 23.2 Å². The fourth-order valence-corrected chi connectivity index (χ4v) is 1.62. The first-order valence-corrected chi connectivity index (χ1v) is 5.68. The lowest BCUT2D eigenvalue weighted by atomic mass is 10.2. The molecule has 0 unspecified atom stereocenters. The van der Waals surface area contributed by atoms with Crippen molar-refractivity contribution in [2.75, 3.05) is 5.73 Å². The number of amides is 1. The van der Waals surface area contributed by atoms with Crippen LogP contribution < -0.4 is 16.2 Å². The highest BCUT2D eigenvalue weighted by atomic mass is 35.5. The molecule has 2 rings (SSSR count). The van der Waals surface area contributed by atoms with E-state index in [0.717, 1.165) is 0 Å². The van der Waals surface area contributed by atoms with Gasteiger partial charge in [-0.25, -0.2) is 4.39 Å². The average molecular weight is 281 g/mol. The molecule has 0 atom stereocenters. The van der Waals surface area contributed by atoms with Gasteiger partial charge in [-0.05, 0) is 30.3 Å². The van der Waals surface area contributed by atoms with E-state index in [9.17, 15) is 9.18 Å². The fourth-order valence-electron chi connectivity index (χ4n) is 1.46. The van der Waals surface area contributed by atoms with Crippen molar-refractivity contribution in [1.29, 1.82) is 0 Å². The van der Waals surface area contributed by atoms with Crippen molar-refractivity contribution in [2.45, 2.75) is 0 Å². The van der Waals surface area contributed by atoms with E-state index < -0.39 is 11.7 Å². The normalized spacial score (nSPS) is 10.2. The Balaban J connectivity index is 2.40. The molecule has 0 saturated carbocycles. The van der Waals surface area contributed by atoms with Gasteiger partial charge in [-0.3, -0.25) is 4.79 Å². The average Bonchev–Trinajstić information content (AvgIpc) is 2.37.